The number of aryl methyl sites for hydroxylation is 1. The van der Waals surface area contributed by atoms with E-state index in [1.165, 1.54) is 5.56 Å². The molecule has 2 atom stereocenters. The van der Waals surface area contributed by atoms with Gasteiger partial charge in [-0.2, -0.15) is 0 Å². The molecule has 1 aromatic carbocycles. The van der Waals surface area contributed by atoms with Crippen LogP contribution in [0.4, 0.5) is 0 Å². The topological polar surface area (TPSA) is 49.4 Å². The Morgan fingerprint density at radius 3 is 2.57 bits per heavy atom. The van der Waals surface area contributed by atoms with Gasteiger partial charge in [0.25, 0.3) is 0 Å². The summed E-state index contributed by atoms with van der Waals surface area (Å²) in [5, 5.41) is 2.74. The van der Waals surface area contributed by atoms with Gasteiger partial charge in [-0.05, 0) is 38.7 Å². The Morgan fingerprint density at radius 1 is 1.14 bits per heavy atom. The lowest BCUT2D eigenvalue weighted by molar-refractivity contribution is -0.134. The number of hydrogen-bond acceptors (Lipinski definition) is 2. The fraction of sp³-hybridized carbons (Fsp3) is 0.529. The van der Waals surface area contributed by atoms with Gasteiger partial charge < -0.3 is 10.2 Å². The van der Waals surface area contributed by atoms with Crippen LogP contribution in [0.2, 0.25) is 0 Å². The van der Waals surface area contributed by atoms with E-state index in [2.05, 4.69) is 29.6 Å². The van der Waals surface area contributed by atoms with Crippen molar-refractivity contribution in [1.29, 1.82) is 0 Å². The number of hydrogen-bond donors (Lipinski definition) is 1. The van der Waals surface area contributed by atoms with E-state index in [0.29, 0.717) is 6.42 Å². The third kappa shape index (κ3) is 4.31. The van der Waals surface area contributed by atoms with Crippen molar-refractivity contribution in [1.82, 2.24) is 10.2 Å². The number of carbonyl (C=O) groups is 2. The number of nitrogens with zero attached hydrogens (tertiary/aromatic N) is 1. The quantitative estimate of drug-likeness (QED) is 0.844. The van der Waals surface area contributed by atoms with Gasteiger partial charge in [0, 0.05) is 19.0 Å². The molecular formula is C17H24N2O2. The molecule has 21 heavy (non-hydrogen) atoms. The summed E-state index contributed by atoms with van der Waals surface area (Å²) >= 11 is 0. The molecule has 0 radical (unpaired) electrons. The molecule has 2 amide bonds. The van der Waals surface area contributed by atoms with Crippen LogP contribution in [0.1, 0.15) is 38.7 Å². The molecule has 0 spiro atoms. The van der Waals surface area contributed by atoms with E-state index in [0.717, 1.165) is 25.8 Å². The maximum atomic E-state index is 12.3. The standard InChI is InChI=1S/C17H24N2O2/c1-13-12-16(20)18-14(2)17(21)19(13)11-7-6-10-15-8-4-3-5-9-15/h3-5,8-9,13-14H,6-7,10-12H2,1-2H3,(H,18,20). The van der Waals surface area contributed by atoms with E-state index in [9.17, 15) is 9.59 Å². The second-order valence-electron chi connectivity index (χ2n) is 5.82. The predicted molar refractivity (Wildman–Crippen MR) is 82.8 cm³/mol. The van der Waals surface area contributed by atoms with Gasteiger partial charge in [-0.1, -0.05) is 30.3 Å². The Balaban J connectivity index is 1.83. The van der Waals surface area contributed by atoms with Gasteiger partial charge in [0.1, 0.15) is 6.04 Å². The van der Waals surface area contributed by atoms with Crippen LogP contribution in [0.5, 0.6) is 0 Å². The molecular weight excluding hydrogens is 264 g/mol. The zero-order chi connectivity index (χ0) is 15.2. The highest BCUT2D eigenvalue weighted by Crippen LogP contribution is 2.13. The molecule has 0 aliphatic carbocycles. The van der Waals surface area contributed by atoms with Crippen molar-refractivity contribution in [2.45, 2.75) is 51.6 Å². The van der Waals surface area contributed by atoms with Crippen molar-refractivity contribution in [2.75, 3.05) is 6.54 Å². The number of unbranched alkanes of at least 4 members (excludes halogenated alkanes) is 1. The first-order valence-electron chi connectivity index (χ1n) is 7.71. The lowest BCUT2D eigenvalue weighted by Crippen LogP contribution is -2.45. The maximum Gasteiger partial charge on any atom is 0.245 e. The van der Waals surface area contributed by atoms with Crippen molar-refractivity contribution in [3.05, 3.63) is 35.9 Å². The average Bonchev–Trinajstić information content (AvgIpc) is 2.55. The molecule has 4 heteroatoms. The minimum Gasteiger partial charge on any atom is -0.345 e. The maximum absolute atomic E-state index is 12.3. The van der Waals surface area contributed by atoms with Crippen LogP contribution < -0.4 is 5.32 Å². The third-order valence-corrected chi connectivity index (χ3v) is 4.00. The molecule has 2 unspecified atom stereocenters. The van der Waals surface area contributed by atoms with E-state index < -0.39 is 6.04 Å². The summed E-state index contributed by atoms with van der Waals surface area (Å²) < 4.78 is 0. The van der Waals surface area contributed by atoms with Gasteiger partial charge in [0.2, 0.25) is 11.8 Å². The van der Waals surface area contributed by atoms with Gasteiger partial charge >= 0.3 is 0 Å². The first-order valence-corrected chi connectivity index (χ1v) is 7.71. The van der Waals surface area contributed by atoms with E-state index in [4.69, 9.17) is 0 Å². The highest BCUT2D eigenvalue weighted by atomic mass is 16.2. The highest BCUT2D eigenvalue weighted by Gasteiger charge is 2.30. The van der Waals surface area contributed by atoms with Crippen molar-refractivity contribution >= 4 is 11.8 Å². The van der Waals surface area contributed by atoms with Crippen LogP contribution in [0.25, 0.3) is 0 Å². The summed E-state index contributed by atoms with van der Waals surface area (Å²) in [5.74, 6) is 0.00296. The molecule has 1 N–H and O–H groups in total. The number of nitrogens with one attached hydrogen (secondary N) is 1. The van der Waals surface area contributed by atoms with Crippen LogP contribution in [0, 0.1) is 0 Å². The number of rotatable bonds is 5. The van der Waals surface area contributed by atoms with Crippen LogP contribution in [0.15, 0.2) is 30.3 Å². The number of carbonyl (C=O) groups excluding carboxylic acids is 2. The minimum absolute atomic E-state index is 0.0147. The van der Waals surface area contributed by atoms with Crippen LogP contribution in [-0.2, 0) is 16.0 Å². The van der Waals surface area contributed by atoms with E-state index >= 15 is 0 Å². The number of amides is 2. The molecule has 2 rings (SSSR count). The average molecular weight is 288 g/mol. The van der Waals surface area contributed by atoms with Crippen molar-refractivity contribution in [3.8, 4) is 0 Å². The first-order chi connectivity index (χ1) is 10.1. The Kier molecular flexibility index (Phi) is 5.37. The van der Waals surface area contributed by atoms with E-state index in [-0.39, 0.29) is 17.9 Å². The van der Waals surface area contributed by atoms with Crippen LogP contribution in [-0.4, -0.2) is 35.3 Å². The molecule has 0 bridgehead atoms. The summed E-state index contributed by atoms with van der Waals surface area (Å²) in [5.41, 5.74) is 1.33. The molecule has 1 heterocycles. The molecule has 114 valence electrons. The monoisotopic (exact) mass is 288 g/mol. The van der Waals surface area contributed by atoms with Crippen LogP contribution >= 0.6 is 0 Å². The molecule has 0 saturated carbocycles. The Bertz CT molecular complexity index is 487. The van der Waals surface area contributed by atoms with E-state index in [1.807, 2.05) is 17.9 Å². The number of benzene rings is 1. The lowest BCUT2D eigenvalue weighted by Gasteiger charge is -2.27. The van der Waals surface area contributed by atoms with E-state index in [1.54, 1.807) is 6.92 Å². The summed E-state index contributed by atoms with van der Waals surface area (Å²) in [4.78, 5) is 25.8. The van der Waals surface area contributed by atoms with Crippen molar-refractivity contribution < 1.29 is 9.59 Å². The van der Waals surface area contributed by atoms with Crippen molar-refractivity contribution in [2.24, 2.45) is 0 Å². The van der Waals surface area contributed by atoms with Gasteiger partial charge in [-0.3, -0.25) is 9.59 Å². The highest BCUT2D eigenvalue weighted by molar-refractivity contribution is 5.90. The van der Waals surface area contributed by atoms with Gasteiger partial charge in [0.15, 0.2) is 0 Å². The normalized spacial score (nSPS) is 22.9. The minimum atomic E-state index is -0.406. The summed E-state index contributed by atoms with van der Waals surface area (Å²) in [6, 6.07) is 9.96. The Morgan fingerprint density at radius 2 is 1.86 bits per heavy atom. The molecule has 1 aliphatic rings. The first kappa shape index (κ1) is 15.5. The SMILES string of the molecule is CC1NC(=O)CC(C)N(CCCCc2ccccc2)C1=O. The van der Waals surface area contributed by atoms with Gasteiger partial charge in [-0.15, -0.1) is 0 Å². The largest absolute Gasteiger partial charge is 0.345 e. The fourth-order valence-electron chi connectivity index (χ4n) is 2.79. The molecule has 1 saturated heterocycles. The predicted octanol–water partition coefficient (Wildman–Crippen LogP) is 2.13. The molecule has 4 nitrogen and oxygen atoms in total. The molecule has 1 aromatic rings. The molecule has 1 fully saturated rings. The van der Waals surface area contributed by atoms with Gasteiger partial charge in [-0.25, -0.2) is 0 Å². The second-order valence-corrected chi connectivity index (χ2v) is 5.82. The lowest BCUT2D eigenvalue weighted by atomic mass is 10.1. The zero-order valence-electron chi connectivity index (χ0n) is 12.8. The van der Waals surface area contributed by atoms with Crippen molar-refractivity contribution in [3.63, 3.8) is 0 Å². The Hall–Kier alpha value is -1.84. The summed E-state index contributed by atoms with van der Waals surface area (Å²) in [6.45, 7) is 4.44. The Labute approximate surface area is 126 Å². The summed E-state index contributed by atoms with van der Waals surface area (Å²) in [6.07, 6.45) is 3.45. The second kappa shape index (κ2) is 7.25. The summed E-state index contributed by atoms with van der Waals surface area (Å²) in [7, 11) is 0. The third-order valence-electron chi connectivity index (χ3n) is 4.00. The van der Waals surface area contributed by atoms with Gasteiger partial charge in [0.05, 0.1) is 0 Å². The molecule has 0 aromatic heterocycles. The fourth-order valence-corrected chi connectivity index (χ4v) is 2.79. The van der Waals surface area contributed by atoms with Crippen LogP contribution in [0.3, 0.4) is 0 Å². The molecule has 1 aliphatic heterocycles. The zero-order valence-corrected chi connectivity index (χ0v) is 12.8. The smallest absolute Gasteiger partial charge is 0.245 e.